The minimum absolute atomic E-state index is 0.0810. The number of hydrogen-bond donors (Lipinski definition) is 1. The van der Waals surface area contributed by atoms with Gasteiger partial charge in [-0.05, 0) is 33.0 Å². The molecule has 1 nitrogen and oxygen atoms in total. The molecule has 1 aromatic carbocycles. The molecule has 0 saturated carbocycles. The van der Waals surface area contributed by atoms with Gasteiger partial charge in [0, 0.05) is 11.1 Å². The second kappa shape index (κ2) is 3.42. The van der Waals surface area contributed by atoms with Crippen molar-refractivity contribution < 1.29 is 8.78 Å². The molecule has 0 aliphatic heterocycles. The molecule has 0 fully saturated rings. The van der Waals surface area contributed by atoms with Crippen LogP contribution in [0.25, 0.3) is 0 Å². The second-order valence-electron chi connectivity index (χ2n) is 3.47. The maximum absolute atomic E-state index is 13.3. The molecular weight excluding hydrogens is 172 g/mol. The van der Waals surface area contributed by atoms with E-state index in [4.69, 9.17) is 0 Å². The van der Waals surface area contributed by atoms with E-state index in [1.54, 1.807) is 20.9 Å². The van der Waals surface area contributed by atoms with E-state index in [2.05, 4.69) is 5.32 Å². The van der Waals surface area contributed by atoms with Crippen LogP contribution in [0.3, 0.4) is 0 Å². The normalized spacial score (nSPS) is 11.8. The lowest BCUT2D eigenvalue weighted by Gasteiger charge is -2.25. The number of halogens is 2. The first-order valence-corrected chi connectivity index (χ1v) is 4.12. The van der Waals surface area contributed by atoms with Gasteiger partial charge >= 0.3 is 0 Å². The third-order valence-electron chi connectivity index (χ3n) is 2.21. The predicted molar refractivity (Wildman–Crippen MR) is 48.4 cm³/mol. The molecule has 0 aromatic heterocycles. The van der Waals surface area contributed by atoms with Crippen molar-refractivity contribution in [3.8, 4) is 0 Å². The highest BCUT2D eigenvalue weighted by Gasteiger charge is 2.25. The van der Waals surface area contributed by atoms with Gasteiger partial charge in [-0.1, -0.05) is 6.07 Å². The molecule has 0 spiro atoms. The van der Waals surface area contributed by atoms with Crippen molar-refractivity contribution in [2.45, 2.75) is 19.4 Å². The first-order chi connectivity index (χ1) is 5.99. The SMILES string of the molecule is CNC(C)(C)c1c(F)cccc1F. The van der Waals surface area contributed by atoms with E-state index in [1.165, 1.54) is 18.2 Å². The Bertz CT molecular complexity index is 288. The molecule has 0 unspecified atom stereocenters. The lowest BCUT2D eigenvalue weighted by Crippen LogP contribution is -2.35. The molecule has 72 valence electrons. The van der Waals surface area contributed by atoms with Crippen molar-refractivity contribution in [2.75, 3.05) is 7.05 Å². The van der Waals surface area contributed by atoms with E-state index >= 15 is 0 Å². The molecule has 0 atom stereocenters. The largest absolute Gasteiger partial charge is 0.311 e. The molecule has 0 radical (unpaired) electrons. The highest BCUT2D eigenvalue weighted by atomic mass is 19.1. The third kappa shape index (κ3) is 1.86. The van der Waals surface area contributed by atoms with Gasteiger partial charge in [-0.2, -0.15) is 0 Å². The van der Waals surface area contributed by atoms with Crippen molar-refractivity contribution >= 4 is 0 Å². The van der Waals surface area contributed by atoms with E-state index < -0.39 is 17.2 Å². The van der Waals surface area contributed by atoms with E-state index in [0.717, 1.165) is 0 Å². The zero-order valence-corrected chi connectivity index (χ0v) is 7.99. The zero-order valence-electron chi connectivity index (χ0n) is 7.99. The summed E-state index contributed by atoms with van der Waals surface area (Å²) in [4.78, 5) is 0. The van der Waals surface area contributed by atoms with Gasteiger partial charge in [0.2, 0.25) is 0 Å². The Morgan fingerprint density at radius 1 is 1.15 bits per heavy atom. The molecular formula is C10H13F2N. The molecule has 13 heavy (non-hydrogen) atoms. The molecule has 3 heteroatoms. The van der Waals surface area contributed by atoms with Crippen molar-refractivity contribution in [1.29, 1.82) is 0 Å². The van der Waals surface area contributed by atoms with Gasteiger partial charge in [-0.15, -0.1) is 0 Å². The Morgan fingerprint density at radius 3 is 2.00 bits per heavy atom. The quantitative estimate of drug-likeness (QED) is 0.746. The monoisotopic (exact) mass is 185 g/mol. The third-order valence-corrected chi connectivity index (χ3v) is 2.21. The summed E-state index contributed by atoms with van der Waals surface area (Å²) in [7, 11) is 1.67. The summed E-state index contributed by atoms with van der Waals surface area (Å²) < 4.78 is 26.5. The summed E-state index contributed by atoms with van der Waals surface area (Å²) in [6.07, 6.45) is 0. The lowest BCUT2D eigenvalue weighted by molar-refractivity contribution is 0.394. The molecule has 0 bridgehead atoms. The van der Waals surface area contributed by atoms with Gasteiger partial charge in [0.15, 0.2) is 0 Å². The Hall–Kier alpha value is -0.960. The van der Waals surface area contributed by atoms with Crippen LogP contribution in [-0.2, 0) is 5.54 Å². The minimum Gasteiger partial charge on any atom is -0.311 e. The summed E-state index contributed by atoms with van der Waals surface area (Å²) in [5.74, 6) is -1.03. The molecule has 0 saturated heterocycles. The van der Waals surface area contributed by atoms with Crippen LogP contribution >= 0.6 is 0 Å². The average Bonchev–Trinajstić information content (AvgIpc) is 2.03. The second-order valence-corrected chi connectivity index (χ2v) is 3.47. The highest BCUT2D eigenvalue weighted by Crippen LogP contribution is 2.25. The Labute approximate surface area is 76.8 Å². The predicted octanol–water partition coefficient (Wildman–Crippen LogP) is 2.42. The topological polar surface area (TPSA) is 12.0 Å². The van der Waals surface area contributed by atoms with Crippen LogP contribution < -0.4 is 5.32 Å². The van der Waals surface area contributed by atoms with Crippen LogP contribution in [0, 0.1) is 11.6 Å². The fraction of sp³-hybridized carbons (Fsp3) is 0.400. The zero-order chi connectivity index (χ0) is 10.1. The van der Waals surface area contributed by atoms with Crippen molar-refractivity contribution in [3.63, 3.8) is 0 Å². The van der Waals surface area contributed by atoms with E-state index in [9.17, 15) is 8.78 Å². The van der Waals surface area contributed by atoms with Crippen molar-refractivity contribution in [2.24, 2.45) is 0 Å². The van der Waals surface area contributed by atoms with Gasteiger partial charge < -0.3 is 5.32 Å². The Morgan fingerprint density at radius 2 is 1.62 bits per heavy atom. The van der Waals surface area contributed by atoms with E-state index in [-0.39, 0.29) is 5.56 Å². The van der Waals surface area contributed by atoms with Crippen molar-refractivity contribution in [3.05, 3.63) is 35.4 Å². The Balaban J connectivity index is 3.28. The summed E-state index contributed by atoms with van der Waals surface area (Å²) in [6, 6.07) is 3.88. The van der Waals surface area contributed by atoms with Crippen LogP contribution in [0.15, 0.2) is 18.2 Å². The Kier molecular flexibility index (Phi) is 2.66. The fourth-order valence-electron chi connectivity index (χ4n) is 1.22. The summed E-state index contributed by atoms with van der Waals surface area (Å²) in [5, 5.41) is 2.86. The van der Waals surface area contributed by atoms with Gasteiger partial charge in [-0.3, -0.25) is 0 Å². The smallest absolute Gasteiger partial charge is 0.131 e. The van der Waals surface area contributed by atoms with Gasteiger partial charge in [-0.25, -0.2) is 8.78 Å². The van der Waals surface area contributed by atoms with Gasteiger partial charge in [0.1, 0.15) is 11.6 Å². The fourth-order valence-corrected chi connectivity index (χ4v) is 1.22. The highest BCUT2D eigenvalue weighted by molar-refractivity contribution is 5.26. The maximum atomic E-state index is 13.3. The summed E-state index contributed by atoms with van der Waals surface area (Å²) >= 11 is 0. The van der Waals surface area contributed by atoms with Crippen LogP contribution in [0.1, 0.15) is 19.4 Å². The van der Waals surface area contributed by atoms with Gasteiger partial charge in [0.25, 0.3) is 0 Å². The molecule has 1 N–H and O–H groups in total. The average molecular weight is 185 g/mol. The van der Waals surface area contributed by atoms with Crippen LogP contribution in [0.4, 0.5) is 8.78 Å². The molecule has 0 aliphatic rings. The van der Waals surface area contributed by atoms with Crippen LogP contribution in [0.5, 0.6) is 0 Å². The first kappa shape index (κ1) is 10.1. The van der Waals surface area contributed by atoms with E-state index in [1.807, 2.05) is 0 Å². The summed E-state index contributed by atoms with van der Waals surface area (Å²) in [6.45, 7) is 3.46. The van der Waals surface area contributed by atoms with Crippen molar-refractivity contribution in [1.82, 2.24) is 5.32 Å². The number of rotatable bonds is 2. The van der Waals surface area contributed by atoms with Crippen LogP contribution in [-0.4, -0.2) is 7.05 Å². The molecule has 1 aromatic rings. The molecule has 0 amide bonds. The number of nitrogens with one attached hydrogen (secondary N) is 1. The maximum Gasteiger partial charge on any atom is 0.131 e. The lowest BCUT2D eigenvalue weighted by atomic mass is 9.93. The molecule has 0 aliphatic carbocycles. The first-order valence-electron chi connectivity index (χ1n) is 4.12. The standard InChI is InChI=1S/C10H13F2N/c1-10(2,13-3)9-7(11)5-4-6-8(9)12/h4-6,13H,1-3H3. The molecule has 0 heterocycles. The minimum atomic E-state index is -0.685. The summed E-state index contributed by atoms with van der Waals surface area (Å²) in [5.41, 5.74) is -0.604. The number of benzene rings is 1. The molecule has 1 rings (SSSR count). The van der Waals surface area contributed by atoms with Crippen LogP contribution in [0.2, 0.25) is 0 Å². The number of hydrogen-bond acceptors (Lipinski definition) is 1. The van der Waals surface area contributed by atoms with E-state index in [0.29, 0.717) is 0 Å². The van der Waals surface area contributed by atoms with Gasteiger partial charge in [0.05, 0.1) is 0 Å².